The minimum atomic E-state index is 0.563. The molecule has 0 amide bonds. The monoisotopic (exact) mass is 270 g/mol. The Morgan fingerprint density at radius 3 is 2.35 bits per heavy atom. The topological polar surface area (TPSA) is 35.0 Å². The summed E-state index contributed by atoms with van der Waals surface area (Å²) < 4.78 is 5.42. The zero-order valence-electron chi connectivity index (χ0n) is 12.7. The molecule has 3 heteroatoms. The highest BCUT2D eigenvalue weighted by molar-refractivity contribution is 5.30. The van der Waals surface area contributed by atoms with Crippen LogP contribution in [0.1, 0.15) is 36.5 Å². The lowest BCUT2D eigenvalue weighted by molar-refractivity contribution is 0.386. The number of methoxy groups -OCH3 is 1. The van der Waals surface area contributed by atoms with Gasteiger partial charge in [-0.25, -0.2) is 4.98 Å². The number of ether oxygens (including phenoxy) is 1. The number of aromatic nitrogens is 2. The first-order chi connectivity index (χ1) is 9.60. The van der Waals surface area contributed by atoms with Gasteiger partial charge in [0.1, 0.15) is 5.69 Å². The first kappa shape index (κ1) is 14.5. The Morgan fingerprint density at radius 2 is 1.75 bits per heavy atom. The van der Waals surface area contributed by atoms with Gasteiger partial charge in [-0.1, -0.05) is 44.2 Å². The third-order valence-electron chi connectivity index (χ3n) is 3.21. The maximum atomic E-state index is 5.42. The van der Waals surface area contributed by atoms with Gasteiger partial charge in [0.25, 0.3) is 0 Å². The largest absolute Gasteiger partial charge is 0.480 e. The molecule has 2 rings (SSSR count). The predicted octanol–water partition coefficient (Wildman–Crippen LogP) is 3.58. The Bertz CT molecular complexity index is 565. The van der Waals surface area contributed by atoms with Crippen LogP contribution >= 0.6 is 0 Å². The van der Waals surface area contributed by atoms with Gasteiger partial charge in [0.05, 0.1) is 18.5 Å². The fourth-order valence-electron chi connectivity index (χ4n) is 2.23. The fourth-order valence-corrected chi connectivity index (χ4v) is 2.23. The molecule has 0 fully saturated rings. The van der Waals surface area contributed by atoms with E-state index in [1.165, 1.54) is 5.56 Å². The molecule has 2 aromatic rings. The highest BCUT2D eigenvalue weighted by atomic mass is 16.5. The molecule has 1 aromatic heterocycles. The summed E-state index contributed by atoms with van der Waals surface area (Å²) in [6.45, 7) is 6.40. The molecule has 106 valence electrons. The molecule has 0 aliphatic carbocycles. The summed E-state index contributed by atoms with van der Waals surface area (Å²) in [4.78, 5) is 9.35. The summed E-state index contributed by atoms with van der Waals surface area (Å²) in [7, 11) is 1.66. The van der Waals surface area contributed by atoms with Gasteiger partial charge in [-0.3, -0.25) is 4.98 Å². The Balaban J connectivity index is 2.31. The molecule has 1 heterocycles. The first-order valence-corrected chi connectivity index (χ1v) is 7.04. The van der Waals surface area contributed by atoms with E-state index in [9.17, 15) is 0 Å². The van der Waals surface area contributed by atoms with Gasteiger partial charge in [0.2, 0.25) is 5.88 Å². The van der Waals surface area contributed by atoms with E-state index in [1.807, 2.05) is 25.1 Å². The van der Waals surface area contributed by atoms with Gasteiger partial charge >= 0.3 is 0 Å². The summed E-state index contributed by atoms with van der Waals surface area (Å²) in [5.41, 5.74) is 4.17. The van der Waals surface area contributed by atoms with E-state index in [0.717, 1.165) is 29.9 Å². The van der Waals surface area contributed by atoms with Crippen molar-refractivity contribution >= 4 is 0 Å². The molecule has 20 heavy (non-hydrogen) atoms. The van der Waals surface area contributed by atoms with Crippen molar-refractivity contribution in [3.63, 3.8) is 0 Å². The molecule has 0 radical (unpaired) electrons. The van der Waals surface area contributed by atoms with Crippen molar-refractivity contribution in [2.45, 2.75) is 33.6 Å². The highest BCUT2D eigenvalue weighted by Crippen LogP contribution is 2.20. The van der Waals surface area contributed by atoms with Crippen molar-refractivity contribution < 1.29 is 4.74 Å². The van der Waals surface area contributed by atoms with Crippen molar-refractivity contribution in [2.24, 2.45) is 5.92 Å². The molecule has 3 nitrogen and oxygen atoms in total. The maximum absolute atomic E-state index is 5.42. The van der Waals surface area contributed by atoms with E-state index in [0.29, 0.717) is 11.8 Å². The van der Waals surface area contributed by atoms with Crippen LogP contribution in [0.15, 0.2) is 30.3 Å². The van der Waals surface area contributed by atoms with Gasteiger partial charge in [-0.2, -0.15) is 0 Å². The van der Waals surface area contributed by atoms with Crippen molar-refractivity contribution in [3.8, 4) is 5.88 Å². The molecule has 0 spiro atoms. The van der Waals surface area contributed by atoms with E-state index < -0.39 is 0 Å². The number of hydrogen-bond acceptors (Lipinski definition) is 3. The number of rotatable bonds is 5. The van der Waals surface area contributed by atoms with Crippen LogP contribution in [0, 0.1) is 12.8 Å². The molecule has 0 bridgehead atoms. The number of nitrogens with zero attached hydrogens (tertiary/aromatic N) is 2. The average molecular weight is 270 g/mol. The van der Waals surface area contributed by atoms with Crippen LogP contribution in [-0.2, 0) is 12.8 Å². The Morgan fingerprint density at radius 1 is 1.05 bits per heavy atom. The van der Waals surface area contributed by atoms with Crippen molar-refractivity contribution in [1.82, 2.24) is 9.97 Å². The SMILES string of the molecule is COc1nc(CC(C)C)c(C)nc1Cc1ccccc1. The number of hydrogen-bond donors (Lipinski definition) is 0. The molecule has 0 atom stereocenters. The Kier molecular flexibility index (Phi) is 4.72. The zero-order chi connectivity index (χ0) is 14.5. The number of aryl methyl sites for hydroxylation is 1. The van der Waals surface area contributed by atoms with E-state index in [4.69, 9.17) is 9.72 Å². The Hall–Kier alpha value is -1.90. The lowest BCUT2D eigenvalue weighted by Gasteiger charge is -2.13. The maximum Gasteiger partial charge on any atom is 0.235 e. The number of benzene rings is 1. The summed E-state index contributed by atoms with van der Waals surface area (Å²) in [5.74, 6) is 1.21. The first-order valence-electron chi connectivity index (χ1n) is 7.04. The van der Waals surface area contributed by atoms with Gasteiger partial charge in [0.15, 0.2) is 0 Å². The van der Waals surface area contributed by atoms with E-state index >= 15 is 0 Å². The van der Waals surface area contributed by atoms with Crippen LogP contribution in [0.25, 0.3) is 0 Å². The molecule has 0 aliphatic heterocycles. The van der Waals surface area contributed by atoms with E-state index in [-0.39, 0.29) is 0 Å². The fraction of sp³-hybridized carbons (Fsp3) is 0.412. The predicted molar refractivity (Wildman–Crippen MR) is 81.1 cm³/mol. The second kappa shape index (κ2) is 6.51. The molecule has 0 aliphatic rings. The third kappa shape index (κ3) is 3.56. The molecular formula is C17H22N2O. The molecule has 0 unspecified atom stereocenters. The van der Waals surface area contributed by atoms with Crippen LogP contribution in [0.5, 0.6) is 5.88 Å². The molecule has 0 saturated carbocycles. The van der Waals surface area contributed by atoms with Crippen molar-refractivity contribution in [3.05, 3.63) is 53.0 Å². The lowest BCUT2D eigenvalue weighted by Crippen LogP contribution is -2.08. The van der Waals surface area contributed by atoms with Crippen LogP contribution in [0.3, 0.4) is 0 Å². The van der Waals surface area contributed by atoms with Gasteiger partial charge in [-0.15, -0.1) is 0 Å². The smallest absolute Gasteiger partial charge is 0.235 e. The minimum Gasteiger partial charge on any atom is -0.480 e. The minimum absolute atomic E-state index is 0.563. The summed E-state index contributed by atoms with van der Waals surface area (Å²) in [6, 6.07) is 10.3. The summed E-state index contributed by atoms with van der Waals surface area (Å²) in [6.07, 6.45) is 1.68. The van der Waals surface area contributed by atoms with Crippen molar-refractivity contribution in [1.29, 1.82) is 0 Å². The molecule has 0 N–H and O–H groups in total. The summed E-state index contributed by atoms with van der Waals surface area (Å²) >= 11 is 0. The van der Waals surface area contributed by atoms with Gasteiger partial charge < -0.3 is 4.74 Å². The van der Waals surface area contributed by atoms with Crippen LogP contribution in [0.4, 0.5) is 0 Å². The van der Waals surface area contributed by atoms with Gasteiger partial charge in [0, 0.05) is 6.42 Å². The van der Waals surface area contributed by atoms with Crippen LogP contribution in [-0.4, -0.2) is 17.1 Å². The lowest BCUT2D eigenvalue weighted by atomic mass is 10.1. The van der Waals surface area contributed by atoms with Crippen LogP contribution in [0.2, 0.25) is 0 Å². The average Bonchev–Trinajstić information content (AvgIpc) is 2.42. The standard InChI is InChI=1S/C17H22N2O/c1-12(2)10-15-13(3)18-16(17(19-15)20-4)11-14-8-6-5-7-9-14/h5-9,12H,10-11H2,1-4H3. The third-order valence-corrected chi connectivity index (χ3v) is 3.21. The molecular weight excluding hydrogens is 248 g/mol. The zero-order valence-corrected chi connectivity index (χ0v) is 12.7. The quantitative estimate of drug-likeness (QED) is 0.833. The molecule has 1 aromatic carbocycles. The van der Waals surface area contributed by atoms with Crippen molar-refractivity contribution in [2.75, 3.05) is 7.11 Å². The normalized spacial score (nSPS) is 10.8. The second-order valence-electron chi connectivity index (χ2n) is 5.47. The second-order valence-corrected chi connectivity index (χ2v) is 5.47. The van der Waals surface area contributed by atoms with E-state index in [2.05, 4.69) is 31.0 Å². The Labute approximate surface area is 121 Å². The van der Waals surface area contributed by atoms with Crippen LogP contribution < -0.4 is 4.74 Å². The van der Waals surface area contributed by atoms with Gasteiger partial charge in [-0.05, 0) is 24.8 Å². The summed E-state index contributed by atoms with van der Waals surface area (Å²) in [5, 5.41) is 0. The molecule has 0 saturated heterocycles. The highest BCUT2D eigenvalue weighted by Gasteiger charge is 2.13. The van der Waals surface area contributed by atoms with E-state index in [1.54, 1.807) is 7.11 Å².